The third-order valence-corrected chi connectivity index (χ3v) is 7.08. The average Bonchev–Trinajstić information content (AvgIpc) is 3.40. The molecule has 5 aromatic rings. The molecular formula is C33H29NO3. The largest absolute Gasteiger partial charge is 0.490 e. The van der Waals surface area contributed by atoms with Crippen LogP contribution in [0.25, 0.3) is 33.4 Å². The first-order valence-corrected chi connectivity index (χ1v) is 12.9. The van der Waals surface area contributed by atoms with Crippen molar-refractivity contribution >= 4 is 16.8 Å². The van der Waals surface area contributed by atoms with Crippen molar-refractivity contribution in [3.63, 3.8) is 0 Å². The number of carbonyl (C=O) groups is 1. The number of carbonyl (C=O) groups excluding carboxylic acids is 1. The lowest BCUT2D eigenvalue weighted by molar-refractivity contribution is 0.0791. The zero-order chi connectivity index (χ0) is 25.0. The maximum absolute atomic E-state index is 12.9. The maximum Gasteiger partial charge on any atom is 0.176 e. The third-order valence-electron chi connectivity index (χ3n) is 7.08. The summed E-state index contributed by atoms with van der Waals surface area (Å²) in [5.74, 6) is 1.90. The van der Waals surface area contributed by atoms with E-state index in [1.54, 1.807) is 0 Å². The Hall–Kier alpha value is -4.15. The van der Waals surface area contributed by atoms with Crippen LogP contribution in [-0.2, 0) is 0 Å². The number of Topliss-reactive ketones (excluding diaryl/α,β-unsaturated/α-hetero) is 1. The minimum Gasteiger partial charge on any atom is -0.490 e. The monoisotopic (exact) mass is 487 g/mol. The van der Waals surface area contributed by atoms with E-state index in [1.807, 2.05) is 84.9 Å². The van der Waals surface area contributed by atoms with Gasteiger partial charge in [0.2, 0.25) is 0 Å². The van der Waals surface area contributed by atoms with E-state index in [9.17, 15) is 4.79 Å². The van der Waals surface area contributed by atoms with Crippen LogP contribution >= 0.6 is 0 Å². The highest BCUT2D eigenvalue weighted by Gasteiger charge is 2.22. The number of ketones is 1. The second kappa shape index (κ2) is 10.5. The molecule has 6 rings (SSSR count). The van der Waals surface area contributed by atoms with Crippen LogP contribution in [0.5, 0.6) is 5.75 Å². The smallest absolute Gasteiger partial charge is 0.176 e. The van der Waals surface area contributed by atoms with Crippen molar-refractivity contribution in [1.29, 1.82) is 0 Å². The predicted molar refractivity (Wildman–Crippen MR) is 148 cm³/mol. The van der Waals surface area contributed by atoms with Gasteiger partial charge in [0.25, 0.3) is 0 Å². The highest BCUT2D eigenvalue weighted by molar-refractivity contribution is 5.98. The second-order valence-corrected chi connectivity index (χ2v) is 9.63. The molecule has 1 aromatic heterocycles. The van der Waals surface area contributed by atoms with Crippen LogP contribution in [0, 0.1) is 0 Å². The zero-order valence-electron chi connectivity index (χ0n) is 20.7. The fraction of sp³-hybridized carbons (Fsp3) is 0.182. The van der Waals surface area contributed by atoms with Crippen molar-refractivity contribution in [3.05, 3.63) is 115 Å². The van der Waals surface area contributed by atoms with Gasteiger partial charge in [-0.3, -0.25) is 9.69 Å². The number of ether oxygens (including phenoxy) is 1. The Morgan fingerprint density at radius 1 is 0.757 bits per heavy atom. The van der Waals surface area contributed by atoms with Gasteiger partial charge in [0.05, 0.1) is 6.54 Å². The molecule has 184 valence electrons. The van der Waals surface area contributed by atoms with Crippen molar-refractivity contribution in [2.45, 2.75) is 18.9 Å². The number of furan rings is 1. The summed E-state index contributed by atoms with van der Waals surface area (Å²) in [4.78, 5) is 15.1. The molecule has 0 aliphatic carbocycles. The molecule has 0 bridgehead atoms. The Labute approximate surface area is 217 Å². The van der Waals surface area contributed by atoms with Gasteiger partial charge in [0, 0.05) is 29.6 Å². The molecule has 0 atom stereocenters. The summed E-state index contributed by atoms with van der Waals surface area (Å²) in [7, 11) is 0. The average molecular weight is 488 g/mol. The van der Waals surface area contributed by atoms with Gasteiger partial charge in [-0.2, -0.15) is 0 Å². The van der Waals surface area contributed by atoms with Crippen LogP contribution in [-0.4, -0.2) is 36.4 Å². The number of piperidine rings is 1. The second-order valence-electron chi connectivity index (χ2n) is 9.63. The van der Waals surface area contributed by atoms with E-state index in [-0.39, 0.29) is 11.9 Å². The number of likely N-dealkylation sites (tertiary alicyclic amines) is 1. The standard InChI is InChI=1S/C33H29NO3/c35-31(26-12-10-25(11-13-26)24-6-2-1-3-7-24)23-34-20-18-30(19-21-34)36-29-16-14-27(15-17-29)33-22-28-8-4-5-9-32(28)37-33/h1-17,22,30H,18-21,23H2. The summed E-state index contributed by atoms with van der Waals surface area (Å²) < 4.78 is 12.2. The number of para-hydroxylation sites is 1. The van der Waals surface area contributed by atoms with Crippen LogP contribution in [0.3, 0.4) is 0 Å². The molecule has 37 heavy (non-hydrogen) atoms. The fourth-order valence-electron chi connectivity index (χ4n) is 4.97. The minimum absolute atomic E-state index is 0.161. The first kappa shape index (κ1) is 23.3. The molecule has 1 saturated heterocycles. The summed E-state index contributed by atoms with van der Waals surface area (Å²) in [6, 6.07) is 36.4. The lowest BCUT2D eigenvalue weighted by atomic mass is 10.0. The summed E-state index contributed by atoms with van der Waals surface area (Å²) in [6.07, 6.45) is 1.98. The maximum atomic E-state index is 12.9. The van der Waals surface area contributed by atoms with Gasteiger partial charge in [0.1, 0.15) is 23.2 Å². The van der Waals surface area contributed by atoms with E-state index >= 15 is 0 Å². The SMILES string of the molecule is O=C(CN1CCC(Oc2ccc(-c3cc4ccccc4o3)cc2)CC1)c1ccc(-c2ccccc2)cc1. The van der Waals surface area contributed by atoms with Crippen LogP contribution in [0.2, 0.25) is 0 Å². The van der Waals surface area contributed by atoms with Crippen molar-refractivity contribution in [2.24, 2.45) is 0 Å². The molecule has 2 heterocycles. The van der Waals surface area contributed by atoms with Crippen LogP contribution in [0.4, 0.5) is 0 Å². The van der Waals surface area contributed by atoms with Crippen molar-refractivity contribution < 1.29 is 13.9 Å². The Bertz CT molecular complexity index is 1450. The van der Waals surface area contributed by atoms with Crippen molar-refractivity contribution in [1.82, 2.24) is 4.90 Å². The van der Waals surface area contributed by atoms with Crippen LogP contribution in [0.15, 0.2) is 114 Å². The number of rotatable bonds is 7. The zero-order valence-corrected chi connectivity index (χ0v) is 20.7. The van der Waals surface area contributed by atoms with E-state index in [0.717, 1.165) is 70.7 Å². The van der Waals surface area contributed by atoms with E-state index < -0.39 is 0 Å². The van der Waals surface area contributed by atoms with Gasteiger partial charge in [-0.15, -0.1) is 0 Å². The number of hydrogen-bond acceptors (Lipinski definition) is 4. The van der Waals surface area contributed by atoms with Crippen molar-refractivity contribution in [3.8, 4) is 28.2 Å². The predicted octanol–water partition coefficient (Wildman–Crippen LogP) is 7.49. The summed E-state index contributed by atoms with van der Waals surface area (Å²) in [5, 5.41) is 1.10. The van der Waals surface area contributed by atoms with Gasteiger partial charge in [-0.1, -0.05) is 72.8 Å². The first-order valence-electron chi connectivity index (χ1n) is 12.9. The molecule has 0 saturated carbocycles. The topological polar surface area (TPSA) is 42.7 Å². The van der Waals surface area contributed by atoms with E-state index in [0.29, 0.717) is 6.54 Å². The Kier molecular flexibility index (Phi) is 6.57. The number of hydrogen-bond donors (Lipinski definition) is 0. The lowest BCUT2D eigenvalue weighted by Crippen LogP contribution is -2.40. The molecule has 0 amide bonds. The van der Waals surface area contributed by atoms with E-state index in [1.165, 1.54) is 0 Å². The molecule has 1 aliphatic rings. The molecule has 0 unspecified atom stereocenters. The highest BCUT2D eigenvalue weighted by Crippen LogP contribution is 2.29. The number of fused-ring (bicyclic) bond motifs is 1. The van der Waals surface area contributed by atoms with E-state index in [4.69, 9.17) is 9.15 Å². The third kappa shape index (κ3) is 5.35. The summed E-state index contributed by atoms with van der Waals surface area (Å²) >= 11 is 0. The molecule has 4 nitrogen and oxygen atoms in total. The number of benzene rings is 4. The molecular weight excluding hydrogens is 458 g/mol. The van der Waals surface area contributed by atoms with Gasteiger partial charge >= 0.3 is 0 Å². The summed E-state index contributed by atoms with van der Waals surface area (Å²) in [6.45, 7) is 2.16. The molecule has 0 spiro atoms. The van der Waals surface area contributed by atoms with Gasteiger partial charge in [0.15, 0.2) is 5.78 Å². The van der Waals surface area contributed by atoms with Gasteiger partial charge in [-0.05, 0) is 60.4 Å². The fourth-order valence-corrected chi connectivity index (χ4v) is 4.97. The van der Waals surface area contributed by atoms with E-state index in [2.05, 4.69) is 29.2 Å². The van der Waals surface area contributed by atoms with Crippen molar-refractivity contribution in [2.75, 3.05) is 19.6 Å². The molecule has 4 heteroatoms. The quantitative estimate of drug-likeness (QED) is 0.223. The molecule has 1 fully saturated rings. The Morgan fingerprint density at radius 2 is 1.41 bits per heavy atom. The first-order chi connectivity index (χ1) is 18.2. The summed E-state index contributed by atoms with van der Waals surface area (Å²) in [5.41, 5.74) is 4.98. The molecule has 0 radical (unpaired) electrons. The molecule has 4 aromatic carbocycles. The van der Waals surface area contributed by atoms with Gasteiger partial charge in [-0.25, -0.2) is 0 Å². The van der Waals surface area contributed by atoms with Crippen LogP contribution in [0.1, 0.15) is 23.2 Å². The minimum atomic E-state index is 0.161. The Morgan fingerprint density at radius 3 is 2.14 bits per heavy atom. The highest BCUT2D eigenvalue weighted by atomic mass is 16.5. The number of nitrogens with zero attached hydrogens (tertiary/aromatic N) is 1. The molecule has 1 aliphatic heterocycles. The van der Waals surface area contributed by atoms with Crippen LogP contribution < -0.4 is 4.74 Å². The normalized spacial score (nSPS) is 14.6. The lowest BCUT2D eigenvalue weighted by Gasteiger charge is -2.31. The van der Waals surface area contributed by atoms with Gasteiger partial charge < -0.3 is 9.15 Å². The Balaban J connectivity index is 0.999. The molecule has 0 N–H and O–H groups in total.